The highest BCUT2D eigenvalue weighted by Crippen LogP contribution is 2.30. The molecular weight excluding hydrogens is 382 g/mol. The molecule has 1 aromatic carbocycles. The number of likely N-dealkylation sites (tertiary alicyclic amines) is 1. The number of thiophene rings is 1. The Hall–Kier alpha value is -2.18. The Kier molecular flexibility index (Phi) is 5.74. The standard InChI is InChI=1S/C23H29N3O2S/c1-14-8-9-19-17(12-14)21-18(22(27)25-19)13-20(29-21)23(28)24-10-5-11-26-15(2)6-4-7-16(26)3/h8-9,12-13,15-16H,4-7,10-11H2,1-3H3,(H,24,28)(H,25,27)/t15-,16-/m0/s1. The first kappa shape index (κ1) is 20.1. The number of hydrogen-bond acceptors (Lipinski definition) is 4. The minimum Gasteiger partial charge on any atom is -0.351 e. The van der Waals surface area contributed by atoms with Crippen LogP contribution in [0.1, 0.15) is 54.8 Å². The summed E-state index contributed by atoms with van der Waals surface area (Å²) in [5, 5.41) is 4.63. The quantitative estimate of drug-likeness (QED) is 0.610. The van der Waals surface area contributed by atoms with E-state index in [0.29, 0.717) is 28.9 Å². The van der Waals surface area contributed by atoms with Crippen LogP contribution in [0.3, 0.4) is 0 Å². The molecule has 2 atom stereocenters. The number of nitrogens with one attached hydrogen (secondary N) is 2. The summed E-state index contributed by atoms with van der Waals surface area (Å²) in [5.74, 6) is -0.0915. The van der Waals surface area contributed by atoms with Gasteiger partial charge in [0.15, 0.2) is 0 Å². The molecule has 5 nitrogen and oxygen atoms in total. The van der Waals surface area contributed by atoms with Gasteiger partial charge in [0.05, 0.1) is 10.3 Å². The summed E-state index contributed by atoms with van der Waals surface area (Å²) in [6.07, 6.45) is 4.78. The summed E-state index contributed by atoms with van der Waals surface area (Å²) in [6, 6.07) is 8.95. The lowest BCUT2D eigenvalue weighted by Gasteiger charge is -2.39. The van der Waals surface area contributed by atoms with Gasteiger partial charge < -0.3 is 10.3 Å². The number of aromatic amines is 1. The van der Waals surface area contributed by atoms with Gasteiger partial charge in [0.1, 0.15) is 0 Å². The predicted octanol–water partition coefficient (Wildman–Crippen LogP) is 4.43. The van der Waals surface area contributed by atoms with Crippen molar-refractivity contribution in [3.63, 3.8) is 0 Å². The second-order valence-electron chi connectivity index (χ2n) is 8.33. The highest BCUT2D eigenvalue weighted by molar-refractivity contribution is 7.21. The summed E-state index contributed by atoms with van der Waals surface area (Å²) in [5.41, 5.74) is 1.80. The molecule has 2 N–H and O–H groups in total. The Morgan fingerprint density at radius 2 is 1.97 bits per heavy atom. The molecule has 3 heterocycles. The predicted molar refractivity (Wildman–Crippen MR) is 121 cm³/mol. The van der Waals surface area contributed by atoms with E-state index in [1.807, 2.05) is 19.1 Å². The number of pyridine rings is 1. The first-order valence-electron chi connectivity index (χ1n) is 10.5. The van der Waals surface area contributed by atoms with Crippen molar-refractivity contribution in [1.29, 1.82) is 0 Å². The fraction of sp³-hybridized carbons (Fsp3) is 0.478. The third kappa shape index (κ3) is 4.09. The third-order valence-corrected chi connectivity index (χ3v) is 7.29. The molecule has 6 heteroatoms. The van der Waals surface area contributed by atoms with Crippen molar-refractivity contribution >= 4 is 38.2 Å². The first-order chi connectivity index (χ1) is 13.9. The van der Waals surface area contributed by atoms with Crippen molar-refractivity contribution < 1.29 is 4.79 Å². The van der Waals surface area contributed by atoms with Crippen molar-refractivity contribution in [3.05, 3.63) is 45.1 Å². The van der Waals surface area contributed by atoms with Gasteiger partial charge in [-0.2, -0.15) is 0 Å². The molecular formula is C23H29N3O2S. The summed E-state index contributed by atoms with van der Waals surface area (Å²) in [4.78, 5) is 31.2. The minimum atomic E-state index is -0.139. The van der Waals surface area contributed by atoms with Crippen LogP contribution in [0, 0.1) is 6.92 Å². The summed E-state index contributed by atoms with van der Waals surface area (Å²) >= 11 is 1.40. The molecule has 0 unspecified atom stereocenters. The SMILES string of the molecule is Cc1ccc2[nH]c(=O)c3cc(C(=O)NCCCN4[C@@H](C)CCC[C@@H]4C)sc3c2c1. The van der Waals surface area contributed by atoms with Crippen LogP contribution in [0.25, 0.3) is 21.0 Å². The van der Waals surface area contributed by atoms with Crippen LogP contribution in [0.2, 0.25) is 0 Å². The number of carbonyl (C=O) groups is 1. The second-order valence-corrected chi connectivity index (χ2v) is 9.39. The normalized spacial score (nSPS) is 20.4. The Morgan fingerprint density at radius 1 is 1.21 bits per heavy atom. The Morgan fingerprint density at radius 3 is 2.72 bits per heavy atom. The average Bonchev–Trinajstić information content (AvgIpc) is 3.14. The van der Waals surface area contributed by atoms with E-state index in [4.69, 9.17) is 0 Å². The molecule has 0 aliphatic carbocycles. The zero-order chi connectivity index (χ0) is 20.5. The van der Waals surface area contributed by atoms with Gasteiger partial charge in [-0.3, -0.25) is 14.5 Å². The maximum absolute atomic E-state index is 12.7. The summed E-state index contributed by atoms with van der Waals surface area (Å²) < 4.78 is 0.883. The van der Waals surface area contributed by atoms with Gasteiger partial charge in [-0.25, -0.2) is 0 Å². The Balaban J connectivity index is 1.45. The van der Waals surface area contributed by atoms with E-state index >= 15 is 0 Å². The number of nitrogens with zero attached hydrogens (tertiary/aromatic N) is 1. The van der Waals surface area contributed by atoms with E-state index in [1.54, 1.807) is 6.07 Å². The van der Waals surface area contributed by atoms with E-state index in [1.165, 1.54) is 30.6 Å². The molecule has 0 saturated carbocycles. The van der Waals surface area contributed by atoms with Gasteiger partial charge in [0, 0.05) is 40.8 Å². The number of hydrogen-bond donors (Lipinski definition) is 2. The van der Waals surface area contributed by atoms with E-state index in [-0.39, 0.29) is 11.5 Å². The molecule has 0 spiro atoms. The van der Waals surface area contributed by atoms with Crippen molar-refractivity contribution in [3.8, 4) is 0 Å². The molecule has 1 aliphatic rings. The third-order valence-electron chi connectivity index (χ3n) is 6.12. The van der Waals surface area contributed by atoms with E-state index in [2.05, 4.69) is 35.1 Å². The van der Waals surface area contributed by atoms with E-state index in [9.17, 15) is 9.59 Å². The fourth-order valence-electron chi connectivity index (χ4n) is 4.48. The number of aryl methyl sites for hydroxylation is 1. The first-order valence-corrected chi connectivity index (χ1v) is 11.4. The molecule has 1 aliphatic heterocycles. The number of aromatic nitrogens is 1. The van der Waals surface area contributed by atoms with Crippen LogP contribution < -0.4 is 10.9 Å². The van der Waals surface area contributed by atoms with E-state index in [0.717, 1.165) is 34.1 Å². The summed E-state index contributed by atoms with van der Waals surface area (Å²) in [7, 11) is 0. The van der Waals surface area contributed by atoms with Crippen LogP contribution in [0.15, 0.2) is 29.1 Å². The topological polar surface area (TPSA) is 65.2 Å². The molecule has 0 radical (unpaired) electrons. The van der Waals surface area contributed by atoms with Crippen LogP contribution >= 0.6 is 11.3 Å². The van der Waals surface area contributed by atoms with Gasteiger partial charge in [-0.15, -0.1) is 11.3 Å². The Labute approximate surface area is 175 Å². The minimum absolute atomic E-state index is 0.0915. The van der Waals surface area contributed by atoms with Crippen molar-refractivity contribution in [1.82, 2.24) is 15.2 Å². The van der Waals surface area contributed by atoms with Crippen molar-refractivity contribution in [2.24, 2.45) is 0 Å². The number of benzene rings is 1. The molecule has 29 heavy (non-hydrogen) atoms. The monoisotopic (exact) mass is 411 g/mol. The molecule has 1 amide bonds. The van der Waals surface area contributed by atoms with Gasteiger partial charge in [0.2, 0.25) is 0 Å². The smallest absolute Gasteiger partial charge is 0.261 e. The van der Waals surface area contributed by atoms with Crippen molar-refractivity contribution in [2.45, 2.75) is 58.5 Å². The van der Waals surface area contributed by atoms with Gasteiger partial charge >= 0.3 is 0 Å². The average molecular weight is 412 g/mol. The molecule has 0 bridgehead atoms. The van der Waals surface area contributed by atoms with Crippen LogP contribution in [0.4, 0.5) is 0 Å². The molecule has 1 fully saturated rings. The maximum atomic E-state index is 12.7. The number of H-pyrrole nitrogens is 1. The zero-order valence-electron chi connectivity index (χ0n) is 17.4. The molecule has 1 saturated heterocycles. The van der Waals surface area contributed by atoms with Gasteiger partial charge in [-0.1, -0.05) is 18.1 Å². The van der Waals surface area contributed by atoms with Crippen LogP contribution in [0.5, 0.6) is 0 Å². The lowest BCUT2D eigenvalue weighted by Crippen LogP contribution is -2.44. The largest absolute Gasteiger partial charge is 0.351 e. The lowest BCUT2D eigenvalue weighted by molar-refractivity contribution is 0.0929. The Bertz CT molecular complexity index is 1090. The maximum Gasteiger partial charge on any atom is 0.261 e. The number of amides is 1. The molecule has 154 valence electrons. The zero-order valence-corrected chi connectivity index (χ0v) is 18.2. The highest BCUT2D eigenvalue weighted by Gasteiger charge is 2.23. The molecule has 2 aromatic heterocycles. The summed E-state index contributed by atoms with van der Waals surface area (Å²) in [6.45, 7) is 8.30. The van der Waals surface area contributed by atoms with Gasteiger partial charge in [0.25, 0.3) is 11.5 Å². The molecule has 4 rings (SSSR count). The number of fused-ring (bicyclic) bond motifs is 3. The van der Waals surface area contributed by atoms with Crippen LogP contribution in [-0.4, -0.2) is 41.0 Å². The highest BCUT2D eigenvalue weighted by atomic mass is 32.1. The number of piperidine rings is 1. The van der Waals surface area contributed by atoms with E-state index < -0.39 is 0 Å². The van der Waals surface area contributed by atoms with Crippen LogP contribution in [-0.2, 0) is 0 Å². The fourth-order valence-corrected chi connectivity index (χ4v) is 5.58. The van der Waals surface area contributed by atoms with Crippen molar-refractivity contribution in [2.75, 3.05) is 13.1 Å². The number of carbonyl (C=O) groups excluding carboxylic acids is 1. The second kappa shape index (κ2) is 8.28. The number of rotatable bonds is 5. The molecule has 3 aromatic rings. The van der Waals surface area contributed by atoms with Gasteiger partial charge in [-0.05, 0) is 58.2 Å². The lowest BCUT2D eigenvalue weighted by atomic mass is 9.97.